The van der Waals surface area contributed by atoms with Gasteiger partial charge in [0, 0.05) is 22.0 Å². The standard InChI is InChI=1S/C26H21ClN4O2S/c1-16-22(25-29-24(30-33-25)18-11-13-21(32-2)14-12-18)23(17-7-4-3-5-8-17)28-26(34)31(16)20-10-6-9-19(27)15-20/h3-15,23H,1-2H3,(H,28,34). The third kappa shape index (κ3) is 4.16. The fraction of sp³-hybridized carbons (Fsp3) is 0.115. The summed E-state index contributed by atoms with van der Waals surface area (Å²) in [7, 11) is 1.63. The molecule has 34 heavy (non-hydrogen) atoms. The molecule has 1 N–H and O–H groups in total. The van der Waals surface area contributed by atoms with Crippen molar-refractivity contribution in [3.05, 3.63) is 101 Å². The number of thiocarbonyl (C=S) groups is 1. The topological polar surface area (TPSA) is 63.4 Å². The molecule has 0 amide bonds. The highest BCUT2D eigenvalue weighted by Gasteiger charge is 2.34. The molecule has 1 aliphatic heterocycles. The van der Waals surface area contributed by atoms with Gasteiger partial charge in [-0.05, 0) is 67.2 Å². The average molecular weight is 489 g/mol. The van der Waals surface area contributed by atoms with Crippen molar-refractivity contribution in [3.8, 4) is 17.1 Å². The molecule has 0 fully saturated rings. The van der Waals surface area contributed by atoms with Crippen LogP contribution in [0.15, 0.2) is 89.1 Å². The quantitative estimate of drug-likeness (QED) is 0.332. The molecule has 0 aliphatic carbocycles. The molecule has 2 heterocycles. The molecule has 1 unspecified atom stereocenters. The summed E-state index contributed by atoms with van der Waals surface area (Å²) in [4.78, 5) is 6.68. The molecular formula is C26H21ClN4O2S. The van der Waals surface area contributed by atoms with Crippen LogP contribution in [0.25, 0.3) is 17.0 Å². The maximum atomic E-state index is 6.27. The zero-order valence-corrected chi connectivity index (χ0v) is 20.1. The number of anilines is 1. The predicted molar refractivity (Wildman–Crippen MR) is 138 cm³/mol. The van der Waals surface area contributed by atoms with Crippen LogP contribution in [0.4, 0.5) is 5.69 Å². The number of benzene rings is 3. The molecule has 1 aliphatic rings. The van der Waals surface area contributed by atoms with Crippen LogP contribution in [0.2, 0.25) is 5.02 Å². The third-order valence-corrected chi connectivity index (χ3v) is 6.22. The molecule has 0 spiro atoms. The van der Waals surface area contributed by atoms with E-state index in [0.29, 0.717) is 21.9 Å². The second kappa shape index (κ2) is 9.29. The Morgan fingerprint density at radius 1 is 1.03 bits per heavy atom. The van der Waals surface area contributed by atoms with Gasteiger partial charge in [-0.3, -0.25) is 4.90 Å². The monoisotopic (exact) mass is 488 g/mol. The Labute approximate surface area is 207 Å². The Hall–Kier alpha value is -3.68. The maximum absolute atomic E-state index is 6.27. The average Bonchev–Trinajstić information content (AvgIpc) is 3.34. The van der Waals surface area contributed by atoms with Crippen molar-refractivity contribution in [3.63, 3.8) is 0 Å². The van der Waals surface area contributed by atoms with Crippen molar-refractivity contribution in [2.24, 2.45) is 0 Å². The normalized spacial score (nSPS) is 15.9. The van der Waals surface area contributed by atoms with Gasteiger partial charge in [0.05, 0.1) is 18.7 Å². The molecule has 3 aromatic carbocycles. The van der Waals surface area contributed by atoms with Crippen LogP contribution in [-0.2, 0) is 0 Å². The summed E-state index contributed by atoms with van der Waals surface area (Å²) in [6.07, 6.45) is 0. The largest absolute Gasteiger partial charge is 0.497 e. The van der Waals surface area contributed by atoms with Crippen LogP contribution >= 0.6 is 23.8 Å². The number of hydrogen-bond acceptors (Lipinski definition) is 5. The van der Waals surface area contributed by atoms with E-state index in [2.05, 4.69) is 10.5 Å². The van der Waals surface area contributed by atoms with Crippen LogP contribution in [0, 0.1) is 0 Å². The number of ether oxygens (including phenoxy) is 1. The van der Waals surface area contributed by atoms with Crippen LogP contribution in [0.3, 0.4) is 0 Å². The number of allylic oxidation sites excluding steroid dienone is 1. The van der Waals surface area contributed by atoms with E-state index in [1.165, 1.54) is 0 Å². The van der Waals surface area contributed by atoms with E-state index < -0.39 is 0 Å². The van der Waals surface area contributed by atoms with E-state index in [1.807, 2.05) is 90.7 Å². The molecule has 5 rings (SSSR count). The zero-order chi connectivity index (χ0) is 23.7. The molecule has 0 saturated carbocycles. The Bertz CT molecular complexity index is 1370. The van der Waals surface area contributed by atoms with E-state index in [4.69, 9.17) is 38.1 Å². The second-order valence-corrected chi connectivity index (χ2v) is 8.58. The highest BCUT2D eigenvalue weighted by molar-refractivity contribution is 7.80. The van der Waals surface area contributed by atoms with Gasteiger partial charge in [0.2, 0.25) is 5.82 Å². The molecule has 6 nitrogen and oxygen atoms in total. The summed E-state index contributed by atoms with van der Waals surface area (Å²) in [5.41, 5.74) is 4.43. The van der Waals surface area contributed by atoms with Gasteiger partial charge in [0.25, 0.3) is 5.89 Å². The fourth-order valence-corrected chi connectivity index (χ4v) is 4.58. The number of nitrogens with zero attached hydrogens (tertiary/aromatic N) is 3. The van der Waals surface area contributed by atoms with Gasteiger partial charge in [-0.15, -0.1) is 0 Å². The van der Waals surface area contributed by atoms with Crippen molar-refractivity contribution in [2.75, 3.05) is 12.0 Å². The van der Waals surface area contributed by atoms with Crippen molar-refractivity contribution in [2.45, 2.75) is 13.0 Å². The summed E-state index contributed by atoms with van der Waals surface area (Å²) >= 11 is 12.0. The molecule has 0 radical (unpaired) electrons. The number of methoxy groups -OCH3 is 1. The second-order valence-electron chi connectivity index (χ2n) is 7.76. The van der Waals surface area contributed by atoms with Crippen molar-refractivity contribution >= 4 is 40.2 Å². The lowest BCUT2D eigenvalue weighted by molar-refractivity contribution is 0.404. The first kappa shape index (κ1) is 22.1. The van der Waals surface area contributed by atoms with Gasteiger partial charge < -0.3 is 14.6 Å². The summed E-state index contributed by atoms with van der Waals surface area (Å²) in [5.74, 6) is 1.67. The summed E-state index contributed by atoms with van der Waals surface area (Å²) in [5, 5.41) is 8.89. The van der Waals surface area contributed by atoms with Crippen LogP contribution in [0.5, 0.6) is 5.75 Å². The summed E-state index contributed by atoms with van der Waals surface area (Å²) < 4.78 is 11.0. The molecule has 0 bridgehead atoms. The van der Waals surface area contributed by atoms with Gasteiger partial charge in [0.15, 0.2) is 5.11 Å². The number of hydrogen-bond donors (Lipinski definition) is 1. The van der Waals surface area contributed by atoms with Gasteiger partial charge in [-0.25, -0.2) is 0 Å². The lowest BCUT2D eigenvalue weighted by Crippen LogP contribution is -2.46. The Morgan fingerprint density at radius 2 is 1.79 bits per heavy atom. The molecule has 8 heteroatoms. The Morgan fingerprint density at radius 3 is 2.50 bits per heavy atom. The van der Waals surface area contributed by atoms with E-state index in [1.54, 1.807) is 7.11 Å². The number of rotatable bonds is 5. The molecule has 4 aromatic rings. The minimum absolute atomic E-state index is 0.256. The summed E-state index contributed by atoms with van der Waals surface area (Å²) in [6, 6.07) is 24.9. The van der Waals surface area contributed by atoms with Gasteiger partial charge >= 0.3 is 0 Å². The Balaban J connectivity index is 1.63. The number of aromatic nitrogens is 2. The molecule has 170 valence electrons. The van der Waals surface area contributed by atoms with E-state index in [9.17, 15) is 0 Å². The van der Waals surface area contributed by atoms with E-state index in [0.717, 1.165) is 33.8 Å². The van der Waals surface area contributed by atoms with Crippen LogP contribution in [-0.4, -0.2) is 22.4 Å². The first-order valence-corrected chi connectivity index (χ1v) is 11.4. The van der Waals surface area contributed by atoms with Crippen molar-refractivity contribution in [1.29, 1.82) is 0 Å². The SMILES string of the molecule is COc1ccc(-c2noc(C3=C(C)N(c4cccc(Cl)c4)C(=S)NC3c3ccccc3)n2)cc1. The van der Waals surface area contributed by atoms with Gasteiger partial charge in [-0.1, -0.05) is 53.2 Å². The number of halogens is 1. The molecule has 1 atom stereocenters. The van der Waals surface area contributed by atoms with Crippen LogP contribution in [0.1, 0.15) is 24.4 Å². The summed E-state index contributed by atoms with van der Waals surface area (Å²) in [6.45, 7) is 2.00. The van der Waals surface area contributed by atoms with E-state index in [-0.39, 0.29) is 6.04 Å². The minimum atomic E-state index is -0.256. The van der Waals surface area contributed by atoms with E-state index >= 15 is 0 Å². The lowest BCUT2D eigenvalue weighted by Gasteiger charge is -2.37. The predicted octanol–water partition coefficient (Wildman–Crippen LogP) is 6.27. The first-order chi connectivity index (χ1) is 16.5. The van der Waals surface area contributed by atoms with Crippen molar-refractivity contribution < 1.29 is 9.26 Å². The van der Waals surface area contributed by atoms with Gasteiger partial charge in [-0.2, -0.15) is 4.98 Å². The molecule has 0 saturated heterocycles. The molecule has 1 aromatic heterocycles. The van der Waals surface area contributed by atoms with Gasteiger partial charge in [0.1, 0.15) is 5.75 Å². The van der Waals surface area contributed by atoms with Crippen molar-refractivity contribution in [1.82, 2.24) is 15.5 Å². The third-order valence-electron chi connectivity index (χ3n) is 5.69. The Kier molecular flexibility index (Phi) is 6.04. The maximum Gasteiger partial charge on any atom is 0.258 e. The highest BCUT2D eigenvalue weighted by atomic mass is 35.5. The minimum Gasteiger partial charge on any atom is -0.497 e. The smallest absolute Gasteiger partial charge is 0.258 e. The zero-order valence-electron chi connectivity index (χ0n) is 18.5. The molecular weight excluding hydrogens is 468 g/mol. The highest BCUT2D eigenvalue weighted by Crippen LogP contribution is 2.39. The lowest BCUT2D eigenvalue weighted by atomic mass is 9.94. The van der Waals surface area contributed by atoms with Crippen LogP contribution < -0.4 is 15.0 Å². The fourth-order valence-electron chi connectivity index (χ4n) is 4.03. The number of nitrogens with one attached hydrogen (secondary N) is 1. The first-order valence-electron chi connectivity index (χ1n) is 10.7.